The molecule has 3 rings (SSSR count). The molecule has 0 fully saturated rings. The summed E-state index contributed by atoms with van der Waals surface area (Å²) in [5.41, 5.74) is 5.64. The molecule has 0 radical (unpaired) electrons. The molecule has 23 heavy (non-hydrogen) atoms. The number of amides is 1. The van der Waals surface area contributed by atoms with E-state index in [4.69, 9.17) is 5.21 Å². The van der Waals surface area contributed by atoms with E-state index < -0.39 is 5.91 Å². The number of hydrogen-bond acceptors (Lipinski definition) is 4. The van der Waals surface area contributed by atoms with E-state index in [9.17, 15) is 4.79 Å². The van der Waals surface area contributed by atoms with E-state index in [1.54, 1.807) is 23.7 Å². The van der Waals surface area contributed by atoms with Gasteiger partial charge in [-0.05, 0) is 41.8 Å². The van der Waals surface area contributed by atoms with Crippen molar-refractivity contribution in [2.24, 2.45) is 0 Å². The maximum absolute atomic E-state index is 11.4. The van der Waals surface area contributed by atoms with Crippen molar-refractivity contribution in [3.8, 4) is 0 Å². The van der Waals surface area contributed by atoms with Gasteiger partial charge in [0.25, 0.3) is 5.91 Å². The molecule has 0 atom stereocenters. The number of fused-ring (bicyclic) bond motifs is 1. The van der Waals surface area contributed by atoms with Crippen LogP contribution >= 0.6 is 0 Å². The summed E-state index contributed by atoms with van der Waals surface area (Å²) in [4.78, 5) is 19.0. The van der Waals surface area contributed by atoms with E-state index in [1.165, 1.54) is 5.56 Å². The molecule has 1 heterocycles. The van der Waals surface area contributed by atoms with Crippen LogP contribution in [0.15, 0.2) is 42.5 Å². The number of H-pyrrole nitrogens is 1. The first-order chi connectivity index (χ1) is 11.1. The van der Waals surface area contributed by atoms with Crippen LogP contribution in [0.1, 0.15) is 35.7 Å². The summed E-state index contributed by atoms with van der Waals surface area (Å²) < 4.78 is 0. The highest BCUT2D eigenvalue weighted by Crippen LogP contribution is 2.21. The van der Waals surface area contributed by atoms with E-state index in [1.807, 2.05) is 12.1 Å². The number of aromatic nitrogens is 2. The lowest BCUT2D eigenvalue weighted by molar-refractivity contribution is 0.0706. The van der Waals surface area contributed by atoms with Gasteiger partial charge in [0.2, 0.25) is 5.95 Å². The van der Waals surface area contributed by atoms with Gasteiger partial charge >= 0.3 is 0 Å². The van der Waals surface area contributed by atoms with E-state index in [0.717, 1.165) is 11.2 Å². The Hall–Kier alpha value is -2.86. The molecule has 6 nitrogen and oxygen atoms in total. The second-order valence-electron chi connectivity index (χ2n) is 5.66. The van der Waals surface area contributed by atoms with Crippen molar-refractivity contribution < 1.29 is 10.0 Å². The zero-order valence-corrected chi connectivity index (χ0v) is 12.9. The van der Waals surface area contributed by atoms with Crippen molar-refractivity contribution in [1.29, 1.82) is 0 Å². The number of benzene rings is 2. The lowest BCUT2D eigenvalue weighted by Crippen LogP contribution is -2.18. The largest absolute Gasteiger partial charge is 0.326 e. The molecule has 3 aromatic rings. The molecule has 1 aromatic heterocycles. The number of aromatic amines is 1. The zero-order chi connectivity index (χ0) is 16.4. The van der Waals surface area contributed by atoms with Crippen LogP contribution in [0.2, 0.25) is 0 Å². The summed E-state index contributed by atoms with van der Waals surface area (Å²) in [5, 5.41) is 11.9. The van der Waals surface area contributed by atoms with Crippen LogP contribution in [0.4, 0.5) is 11.6 Å². The van der Waals surface area contributed by atoms with Crippen molar-refractivity contribution in [2.75, 3.05) is 5.32 Å². The Morgan fingerprint density at radius 3 is 2.57 bits per heavy atom. The number of rotatable bonds is 4. The summed E-state index contributed by atoms with van der Waals surface area (Å²) in [7, 11) is 0. The third-order valence-corrected chi connectivity index (χ3v) is 3.69. The number of imidazole rings is 1. The lowest BCUT2D eigenvalue weighted by atomic mass is 10.0. The second-order valence-corrected chi connectivity index (χ2v) is 5.66. The Labute approximate surface area is 133 Å². The maximum Gasteiger partial charge on any atom is 0.274 e. The smallest absolute Gasteiger partial charge is 0.274 e. The summed E-state index contributed by atoms with van der Waals surface area (Å²) in [5.74, 6) is 0.533. The number of anilines is 2. The molecule has 0 bridgehead atoms. The topological polar surface area (TPSA) is 90.0 Å². The molecule has 118 valence electrons. The normalized spacial score (nSPS) is 11.0. The van der Waals surface area contributed by atoms with Gasteiger partial charge in [0.05, 0.1) is 11.0 Å². The molecule has 4 N–H and O–H groups in total. The van der Waals surface area contributed by atoms with Crippen LogP contribution in [0, 0.1) is 0 Å². The average molecular weight is 310 g/mol. The van der Waals surface area contributed by atoms with Gasteiger partial charge in [-0.15, -0.1) is 0 Å². The van der Waals surface area contributed by atoms with Crippen LogP contribution < -0.4 is 10.8 Å². The minimum Gasteiger partial charge on any atom is -0.326 e. The molecule has 1 amide bonds. The fourth-order valence-corrected chi connectivity index (χ4v) is 2.36. The number of nitrogens with one attached hydrogen (secondary N) is 3. The predicted octanol–water partition coefficient (Wildman–Crippen LogP) is 3.55. The van der Waals surface area contributed by atoms with Gasteiger partial charge < -0.3 is 10.3 Å². The Bertz CT molecular complexity index is 837. The SMILES string of the molecule is CC(C)c1ccc(Nc2nc3ccc(C(=O)NO)cc3[nH]2)cc1. The van der Waals surface area contributed by atoms with Gasteiger partial charge in [0.1, 0.15) is 0 Å². The molecular formula is C17H18N4O2. The van der Waals surface area contributed by atoms with E-state index >= 15 is 0 Å². The van der Waals surface area contributed by atoms with Crippen molar-refractivity contribution >= 4 is 28.6 Å². The van der Waals surface area contributed by atoms with Gasteiger partial charge in [-0.1, -0.05) is 26.0 Å². The molecule has 0 aliphatic rings. The molecule has 0 unspecified atom stereocenters. The molecule has 0 spiro atoms. The highest BCUT2D eigenvalue weighted by atomic mass is 16.5. The first-order valence-corrected chi connectivity index (χ1v) is 7.38. The molecule has 0 aliphatic heterocycles. The minimum atomic E-state index is -0.555. The van der Waals surface area contributed by atoms with Gasteiger partial charge in [-0.2, -0.15) is 0 Å². The average Bonchev–Trinajstić information content (AvgIpc) is 2.95. The summed E-state index contributed by atoms with van der Waals surface area (Å²) >= 11 is 0. The minimum absolute atomic E-state index is 0.358. The van der Waals surface area contributed by atoms with Crippen LogP contribution in [-0.4, -0.2) is 21.1 Å². The van der Waals surface area contributed by atoms with E-state index in [2.05, 4.69) is 41.3 Å². The molecule has 2 aromatic carbocycles. The number of carbonyl (C=O) groups is 1. The number of nitrogens with zero attached hydrogens (tertiary/aromatic N) is 1. The number of hydroxylamine groups is 1. The molecule has 0 saturated heterocycles. The zero-order valence-electron chi connectivity index (χ0n) is 12.9. The molecule has 0 saturated carbocycles. The highest BCUT2D eigenvalue weighted by Gasteiger charge is 2.08. The quantitative estimate of drug-likeness (QED) is 0.438. The van der Waals surface area contributed by atoms with E-state index in [-0.39, 0.29) is 0 Å². The summed E-state index contributed by atoms with van der Waals surface area (Å²) in [6, 6.07) is 13.2. The first-order valence-electron chi connectivity index (χ1n) is 7.38. The first kappa shape index (κ1) is 15.1. The van der Waals surface area contributed by atoms with Crippen LogP contribution in [-0.2, 0) is 0 Å². The van der Waals surface area contributed by atoms with Crippen LogP contribution in [0.3, 0.4) is 0 Å². The van der Waals surface area contributed by atoms with E-state index in [0.29, 0.717) is 22.9 Å². The van der Waals surface area contributed by atoms with Crippen LogP contribution in [0.25, 0.3) is 11.0 Å². The second kappa shape index (κ2) is 6.10. The van der Waals surface area contributed by atoms with Gasteiger partial charge in [-0.25, -0.2) is 10.5 Å². The van der Waals surface area contributed by atoms with Crippen molar-refractivity contribution in [3.05, 3.63) is 53.6 Å². The molecule has 6 heteroatoms. The van der Waals surface area contributed by atoms with Crippen molar-refractivity contribution in [3.63, 3.8) is 0 Å². The number of carbonyl (C=O) groups excluding carboxylic acids is 1. The summed E-state index contributed by atoms with van der Waals surface area (Å²) in [6.45, 7) is 4.31. The molecular weight excluding hydrogens is 292 g/mol. The van der Waals surface area contributed by atoms with Crippen molar-refractivity contribution in [1.82, 2.24) is 15.4 Å². The van der Waals surface area contributed by atoms with Gasteiger partial charge in [0.15, 0.2) is 0 Å². The molecule has 0 aliphatic carbocycles. The Morgan fingerprint density at radius 1 is 1.17 bits per heavy atom. The standard InChI is InChI=1S/C17H18N4O2/c1-10(2)11-3-6-13(7-4-11)18-17-19-14-8-5-12(16(22)21-23)9-15(14)20-17/h3-10,23H,1-2H3,(H,21,22)(H2,18,19,20). The van der Waals surface area contributed by atoms with Crippen molar-refractivity contribution in [2.45, 2.75) is 19.8 Å². The Balaban J connectivity index is 1.84. The Kier molecular flexibility index (Phi) is 3.99. The Morgan fingerprint density at radius 2 is 1.91 bits per heavy atom. The maximum atomic E-state index is 11.4. The van der Waals surface area contributed by atoms with Gasteiger partial charge in [-0.3, -0.25) is 10.0 Å². The fourth-order valence-electron chi connectivity index (χ4n) is 2.36. The monoisotopic (exact) mass is 310 g/mol. The lowest BCUT2D eigenvalue weighted by Gasteiger charge is -2.07. The predicted molar refractivity (Wildman–Crippen MR) is 89.2 cm³/mol. The van der Waals surface area contributed by atoms with Crippen LogP contribution in [0.5, 0.6) is 0 Å². The third kappa shape index (κ3) is 3.17. The third-order valence-electron chi connectivity index (χ3n) is 3.69. The highest BCUT2D eigenvalue weighted by molar-refractivity contribution is 5.96. The summed E-state index contributed by atoms with van der Waals surface area (Å²) in [6.07, 6.45) is 0. The fraction of sp³-hybridized carbons (Fsp3) is 0.176. The van der Waals surface area contributed by atoms with Gasteiger partial charge in [0, 0.05) is 11.3 Å². The number of hydrogen-bond donors (Lipinski definition) is 4.